The molecule has 1 atom stereocenters. The zero-order valence-electron chi connectivity index (χ0n) is 10.1. The van der Waals surface area contributed by atoms with Crippen LogP contribution in [-0.2, 0) is 4.79 Å². The highest BCUT2D eigenvalue weighted by molar-refractivity contribution is 7.12. The van der Waals surface area contributed by atoms with Gasteiger partial charge in [-0.25, -0.2) is 0 Å². The van der Waals surface area contributed by atoms with Crippen LogP contribution >= 0.6 is 11.3 Å². The molecule has 1 fully saturated rings. The summed E-state index contributed by atoms with van der Waals surface area (Å²) in [6, 6.07) is 4.42. The summed E-state index contributed by atoms with van der Waals surface area (Å²) < 4.78 is 0. The molecule has 0 aliphatic carbocycles. The summed E-state index contributed by atoms with van der Waals surface area (Å²) in [7, 11) is 0. The largest absolute Gasteiger partial charge is 0.355 e. The van der Waals surface area contributed by atoms with E-state index in [1.807, 2.05) is 0 Å². The lowest BCUT2D eigenvalue weighted by Gasteiger charge is -2.27. The van der Waals surface area contributed by atoms with Crippen molar-refractivity contribution in [3.8, 4) is 0 Å². The van der Waals surface area contributed by atoms with Crippen LogP contribution in [0, 0.1) is 6.92 Å². The molecule has 1 aromatic rings. The minimum absolute atomic E-state index is 0.106. The van der Waals surface area contributed by atoms with Crippen molar-refractivity contribution in [1.82, 2.24) is 10.2 Å². The van der Waals surface area contributed by atoms with Gasteiger partial charge >= 0.3 is 0 Å². The molecule has 1 unspecified atom stereocenters. The first kappa shape index (κ1) is 12.5. The predicted molar refractivity (Wildman–Crippen MR) is 70.1 cm³/mol. The van der Waals surface area contributed by atoms with Crippen LogP contribution in [0.25, 0.3) is 0 Å². The molecule has 4 nitrogen and oxygen atoms in total. The van der Waals surface area contributed by atoms with Crippen molar-refractivity contribution in [3.63, 3.8) is 0 Å². The smallest absolute Gasteiger partial charge is 0.234 e. The van der Waals surface area contributed by atoms with Gasteiger partial charge in [0.05, 0.1) is 12.6 Å². The summed E-state index contributed by atoms with van der Waals surface area (Å²) in [4.78, 5) is 16.3. The summed E-state index contributed by atoms with van der Waals surface area (Å²) in [5, 5.41) is 2.89. The minimum Gasteiger partial charge on any atom is -0.355 e. The molecule has 0 spiro atoms. The lowest BCUT2D eigenvalue weighted by molar-refractivity contribution is -0.121. The number of thiophene rings is 1. The highest BCUT2D eigenvalue weighted by Crippen LogP contribution is 2.27. The van der Waals surface area contributed by atoms with Crippen LogP contribution in [0.4, 0.5) is 0 Å². The number of aryl methyl sites for hydroxylation is 1. The molecule has 3 N–H and O–H groups in total. The summed E-state index contributed by atoms with van der Waals surface area (Å²) >= 11 is 1.77. The van der Waals surface area contributed by atoms with Crippen LogP contribution in [0.3, 0.4) is 0 Å². The second-order valence-corrected chi connectivity index (χ2v) is 5.69. The van der Waals surface area contributed by atoms with Crippen molar-refractivity contribution in [1.29, 1.82) is 0 Å². The molecule has 1 aromatic heterocycles. The van der Waals surface area contributed by atoms with Crippen LogP contribution in [0.2, 0.25) is 0 Å². The predicted octanol–water partition coefficient (Wildman–Crippen LogP) is 0.878. The third-order valence-corrected chi connectivity index (χ3v) is 4.15. The Bertz CT molecular complexity index is 391. The van der Waals surface area contributed by atoms with Gasteiger partial charge in [0, 0.05) is 29.4 Å². The van der Waals surface area contributed by atoms with Gasteiger partial charge in [0.1, 0.15) is 0 Å². The van der Waals surface area contributed by atoms with E-state index >= 15 is 0 Å². The molecule has 2 heterocycles. The second-order valence-electron chi connectivity index (χ2n) is 4.37. The Morgan fingerprint density at radius 3 is 3.06 bits per heavy atom. The van der Waals surface area contributed by atoms with E-state index in [-0.39, 0.29) is 11.9 Å². The lowest BCUT2D eigenvalue weighted by Crippen LogP contribution is -2.38. The lowest BCUT2D eigenvalue weighted by atomic mass is 10.2. The molecule has 2 rings (SSSR count). The Hall–Kier alpha value is -0.910. The first-order valence-corrected chi connectivity index (χ1v) is 6.79. The van der Waals surface area contributed by atoms with Crippen molar-refractivity contribution < 1.29 is 4.79 Å². The van der Waals surface area contributed by atoms with Crippen molar-refractivity contribution in [2.75, 3.05) is 26.2 Å². The molecule has 0 bridgehead atoms. The summed E-state index contributed by atoms with van der Waals surface area (Å²) in [5.41, 5.74) is 5.87. The third-order valence-electron chi connectivity index (χ3n) is 3.04. The van der Waals surface area contributed by atoms with Crippen LogP contribution in [0.5, 0.6) is 0 Å². The number of carbonyl (C=O) groups is 1. The van der Waals surface area contributed by atoms with E-state index in [1.54, 1.807) is 11.3 Å². The number of hydrogen-bond acceptors (Lipinski definition) is 4. The van der Waals surface area contributed by atoms with E-state index in [0.29, 0.717) is 13.1 Å². The van der Waals surface area contributed by atoms with Crippen LogP contribution in [0.15, 0.2) is 12.1 Å². The molecule has 94 valence electrons. The number of carbonyl (C=O) groups excluding carboxylic acids is 1. The molecule has 17 heavy (non-hydrogen) atoms. The maximum absolute atomic E-state index is 11.6. The topological polar surface area (TPSA) is 58.4 Å². The van der Waals surface area contributed by atoms with E-state index in [4.69, 9.17) is 5.73 Å². The van der Waals surface area contributed by atoms with Gasteiger partial charge in [0.15, 0.2) is 0 Å². The zero-order chi connectivity index (χ0) is 12.3. The fourth-order valence-electron chi connectivity index (χ4n) is 2.17. The molecule has 5 heteroatoms. The van der Waals surface area contributed by atoms with Crippen molar-refractivity contribution >= 4 is 17.2 Å². The number of hydrogen-bond donors (Lipinski definition) is 2. The van der Waals surface area contributed by atoms with Crippen LogP contribution < -0.4 is 11.1 Å². The molecule has 1 saturated heterocycles. The molecular formula is C12H19N3OS. The van der Waals surface area contributed by atoms with Gasteiger partial charge in [0.25, 0.3) is 0 Å². The first-order chi connectivity index (χ1) is 8.20. The molecule has 1 aliphatic rings. The van der Waals surface area contributed by atoms with E-state index in [2.05, 4.69) is 29.3 Å². The highest BCUT2D eigenvalue weighted by atomic mass is 32.1. The van der Waals surface area contributed by atoms with E-state index in [0.717, 1.165) is 19.5 Å². The first-order valence-electron chi connectivity index (χ1n) is 5.98. The van der Waals surface area contributed by atoms with Crippen molar-refractivity contribution in [2.45, 2.75) is 19.4 Å². The van der Waals surface area contributed by atoms with Gasteiger partial charge in [-0.1, -0.05) is 0 Å². The van der Waals surface area contributed by atoms with Gasteiger partial charge < -0.3 is 11.1 Å². The van der Waals surface area contributed by atoms with Crippen LogP contribution in [0.1, 0.15) is 22.2 Å². The van der Waals surface area contributed by atoms with Gasteiger partial charge in [-0.15, -0.1) is 11.3 Å². The maximum Gasteiger partial charge on any atom is 0.234 e. The molecule has 1 aliphatic heterocycles. The molecule has 0 saturated carbocycles. The zero-order valence-corrected chi connectivity index (χ0v) is 10.9. The molecule has 0 aromatic carbocycles. The normalized spacial score (nSPS) is 19.8. The number of nitrogens with one attached hydrogen (secondary N) is 1. The average Bonchev–Trinajstić information content (AvgIpc) is 2.59. The van der Waals surface area contributed by atoms with Gasteiger partial charge in [-0.3, -0.25) is 9.69 Å². The second kappa shape index (κ2) is 5.62. The van der Waals surface area contributed by atoms with Crippen molar-refractivity contribution in [2.24, 2.45) is 5.73 Å². The molecule has 1 amide bonds. The number of nitrogens with two attached hydrogens (primary N) is 1. The fourth-order valence-corrected chi connectivity index (χ4v) is 3.20. The maximum atomic E-state index is 11.6. The number of nitrogens with zero attached hydrogens (tertiary/aromatic N) is 1. The summed E-state index contributed by atoms with van der Waals surface area (Å²) in [6.07, 6.45) is 0.993. The van der Waals surface area contributed by atoms with Crippen LogP contribution in [-0.4, -0.2) is 37.0 Å². The highest BCUT2D eigenvalue weighted by Gasteiger charge is 2.24. The summed E-state index contributed by atoms with van der Waals surface area (Å²) in [6.45, 7) is 4.82. The Labute approximate surface area is 106 Å². The fraction of sp³-hybridized carbons (Fsp3) is 0.583. The Kier molecular flexibility index (Phi) is 4.15. The van der Waals surface area contributed by atoms with Crippen molar-refractivity contribution in [3.05, 3.63) is 21.9 Å². The van der Waals surface area contributed by atoms with E-state index in [9.17, 15) is 4.79 Å². The standard InChI is InChI=1S/C12H19N3OS/c1-9-3-4-11(17-9)10(7-13)15-6-2-5-14-12(16)8-15/h3-4,10H,2,5-8,13H2,1H3,(H,14,16). The third kappa shape index (κ3) is 3.06. The monoisotopic (exact) mass is 253 g/mol. The molecular weight excluding hydrogens is 234 g/mol. The van der Waals surface area contributed by atoms with Gasteiger partial charge in [-0.2, -0.15) is 0 Å². The summed E-state index contributed by atoms with van der Waals surface area (Å²) in [5.74, 6) is 0.106. The number of rotatable bonds is 3. The quantitative estimate of drug-likeness (QED) is 0.840. The average molecular weight is 253 g/mol. The Morgan fingerprint density at radius 1 is 1.59 bits per heavy atom. The minimum atomic E-state index is 0.106. The van der Waals surface area contributed by atoms with E-state index < -0.39 is 0 Å². The Morgan fingerprint density at radius 2 is 2.41 bits per heavy atom. The van der Waals surface area contributed by atoms with E-state index in [1.165, 1.54) is 9.75 Å². The van der Waals surface area contributed by atoms with Gasteiger partial charge in [-0.05, 0) is 25.5 Å². The Balaban J connectivity index is 2.14. The SMILES string of the molecule is Cc1ccc(C(CN)N2CCCNC(=O)C2)s1. The number of amides is 1. The molecule has 0 radical (unpaired) electrons. The van der Waals surface area contributed by atoms with Gasteiger partial charge in [0.2, 0.25) is 5.91 Å².